The number of amides is 1. The Morgan fingerprint density at radius 3 is 2.45 bits per heavy atom. The van der Waals surface area contributed by atoms with Gasteiger partial charge in [-0.25, -0.2) is 0 Å². The molecule has 0 atom stereocenters. The molecule has 22 heavy (non-hydrogen) atoms. The van der Waals surface area contributed by atoms with Gasteiger partial charge in [-0.05, 0) is 36.4 Å². The molecule has 2 rings (SSSR count). The van der Waals surface area contributed by atoms with Crippen LogP contribution in [0.2, 0.25) is 0 Å². The summed E-state index contributed by atoms with van der Waals surface area (Å²) in [7, 11) is 2.88. The number of phenolic OH excluding ortho intramolecular Hbond substituents is 1. The minimum Gasteiger partial charge on any atom is -0.508 e. The number of hydrogen-bond donors (Lipinski definition) is 2. The van der Waals surface area contributed by atoms with Crippen LogP contribution in [-0.4, -0.2) is 30.9 Å². The molecule has 0 fully saturated rings. The molecule has 6 heteroatoms. The number of para-hydroxylation sites is 1. The second kappa shape index (κ2) is 7.12. The zero-order chi connectivity index (χ0) is 15.9. The third kappa shape index (κ3) is 3.54. The summed E-state index contributed by atoms with van der Waals surface area (Å²) in [6, 6.07) is 13.3. The van der Waals surface area contributed by atoms with Crippen molar-refractivity contribution in [2.75, 3.05) is 14.2 Å². The summed E-state index contributed by atoms with van der Waals surface area (Å²) in [5.74, 6) is 0.739. The Hall–Kier alpha value is -3.02. The van der Waals surface area contributed by atoms with Gasteiger partial charge in [0.05, 0.1) is 5.56 Å². The maximum absolute atomic E-state index is 11.9. The standard InChI is InChI=1S/C16H16N2O4/c1-17-16(20)15(18-21-2)13-5-3-4-6-14(13)22-12-9-7-11(19)8-10-12/h3-10,19H,1-2H3,(H,17,20)/b18-15-. The molecule has 0 saturated carbocycles. The third-order valence-corrected chi connectivity index (χ3v) is 2.83. The van der Waals surface area contributed by atoms with Crippen LogP contribution in [0.1, 0.15) is 5.56 Å². The first-order chi connectivity index (χ1) is 10.7. The van der Waals surface area contributed by atoms with Crippen LogP contribution >= 0.6 is 0 Å². The lowest BCUT2D eigenvalue weighted by Crippen LogP contribution is -2.28. The molecule has 0 unspecified atom stereocenters. The number of carbonyl (C=O) groups excluding carboxylic acids is 1. The van der Waals surface area contributed by atoms with Crippen LogP contribution in [0, 0.1) is 0 Å². The molecular formula is C16H16N2O4. The van der Waals surface area contributed by atoms with Gasteiger partial charge in [0.25, 0.3) is 5.91 Å². The molecule has 2 N–H and O–H groups in total. The second-order valence-corrected chi connectivity index (χ2v) is 4.29. The van der Waals surface area contributed by atoms with E-state index in [0.717, 1.165) is 0 Å². The summed E-state index contributed by atoms with van der Waals surface area (Å²) in [6.45, 7) is 0. The first kappa shape index (κ1) is 15.4. The van der Waals surface area contributed by atoms with Crippen LogP contribution in [0.5, 0.6) is 17.2 Å². The number of benzene rings is 2. The van der Waals surface area contributed by atoms with Crippen molar-refractivity contribution in [2.24, 2.45) is 5.16 Å². The number of hydrogen-bond acceptors (Lipinski definition) is 5. The van der Waals surface area contributed by atoms with Crippen molar-refractivity contribution in [1.82, 2.24) is 5.32 Å². The van der Waals surface area contributed by atoms with Crippen LogP contribution in [0.15, 0.2) is 53.7 Å². The Morgan fingerprint density at radius 1 is 1.14 bits per heavy atom. The van der Waals surface area contributed by atoms with Crippen molar-refractivity contribution in [3.8, 4) is 17.2 Å². The number of carbonyl (C=O) groups is 1. The Bertz CT molecular complexity index is 681. The van der Waals surface area contributed by atoms with Crippen molar-refractivity contribution in [2.45, 2.75) is 0 Å². The molecule has 1 amide bonds. The number of nitrogens with one attached hydrogen (secondary N) is 1. The van der Waals surface area contributed by atoms with Gasteiger partial charge in [0, 0.05) is 7.05 Å². The van der Waals surface area contributed by atoms with E-state index >= 15 is 0 Å². The summed E-state index contributed by atoms with van der Waals surface area (Å²) < 4.78 is 5.76. The van der Waals surface area contributed by atoms with E-state index in [1.54, 1.807) is 36.4 Å². The number of oxime groups is 1. The first-order valence-corrected chi connectivity index (χ1v) is 6.55. The number of ether oxygens (including phenoxy) is 1. The highest BCUT2D eigenvalue weighted by atomic mass is 16.6. The van der Waals surface area contributed by atoms with Gasteiger partial charge in [0.2, 0.25) is 0 Å². The molecule has 6 nitrogen and oxygen atoms in total. The number of phenols is 1. The highest BCUT2D eigenvalue weighted by molar-refractivity contribution is 6.45. The minimum atomic E-state index is -0.386. The predicted molar refractivity (Wildman–Crippen MR) is 82.2 cm³/mol. The number of aromatic hydroxyl groups is 1. The summed E-state index contributed by atoms with van der Waals surface area (Å²) >= 11 is 0. The fourth-order valence-electron chi connectivity index (χ4n) is 1.82. The van der Waals surface area contributed by atoms with Gasteiger partial charge in [0.1, 0.15) is 24.4 Å². The number of likely N-dealkylation sites (N-methyl/N-ethyl adjacent to an activating group) is 1. The van der Waals surface area contributed by atoms with E-state index in [1.165, 1.54) is 26.3 Å². The van der Waals surface area contributed by atoms with Gasteiger partial charge >= 0.3 is 0 Å². The normalized spacial score (nSPS) is 10.9. The van der Waals surface area contributed by atoms with Gasteiger partial charge in [-0.1, -0.05) is 17.3 Å². The van der Waals surface area contributed by atoms with Crippen molar-refractivity contribution in [3.63, 3.8) is 0 Å². The lowest BCUT2D eigenvalue weighted by molar-refractivity contribution is -0.114. The second-order valence-electron chi connectivity index (χ2n) is 4.29. The van der Waals surface area contributed by atoms with Crippen molar-refractivity contribution >= 4 is 11.6 Å². The lowest BCUT2D eigenvalue weighted by atomic mass is 10.1. The summed E-state index contributed by atoms with van der Waals surface area (Å²) in [5, 5.41) is 15.6. The first-order valence-electron chi connectivity index (χ1n) is 6.55. The molecule has 0 saturated heterocycles. The highest BCUT2D eigenvalue weighted by Gasteiger charge is 2.18. The van der Waals surface area contributed by atoms with Crippen molar-refractivity contribution < 1.29 is 19.5 Å². The Kier molecular flexibility index (Phi) is 4.98. The van der Waals surface area contributed by atoms with E-state index < -0.39 is 0 Å². The van der Waals surface area contributed by atoms with Gasteiger partial charge in [0.15, 0.2) is 5.71 Å². The maximum Gasteiger partial charge on any atom is 0.273 e. The molecule has 0 radical (unpaired) electrons. The maximum atomic E-state index is 11.9. The molecule has 0 spiro atoms. The van der Waals surface area contributed by atoms with Crippen LogP contribution in [0.3, 0.4) is 0 Å². The average Bonchev–Trinajstić information content (AvgIpc) is 2.55. The molecule has 0 heterocycles. The zero-order valence-electron chi connectivity index (χ0n) is 12.2. The molecule has 2 aromatic carbocycles. The van der Waals surface area contributed by atoms with Gasteiger partial charge in [-0.2, -0.15) is 0 Å². The van der Waals surface area contributed by atoms with Gasteiger partial charge in [-0.3, -0.25) is 4.79 Å². The summed E-state index contributed by atoms with van der Waals surface area (Å²) in [6.07, 6.45) is 0. The Labute approximate surface area is 128 Å². The van der Waals surface area contributed by atoms with Gasteiger partial charge < -0.3 is 20.0 Å². The molecule has 114 valence electrons. The largest absolute Gasteiger partial charge is 0.508 e. The molecule has 2 aromatic rings. The van der Waals surface area contributed by atoms with Crippen LogP contribution < -0.4 is 10.1 Å². The Morgan fingerprint density at radius 2 is 1.82 bits per heavy atom. The monoisotopic (exact) mass is 300 g/mol. The van der Waals surface area contributed by atoms with E-state index in [9.17, 15) is 9.90 Å². The molecular weight excluding hydrogens is 284 g/mol. The van der Waals surface area contributed by atoms with Crippen molar-refractivity contribution in [1.29, 1.82) is 0 Å². The molecule has 0 aliphatic carbocycles. The third-order valence-electron chi connectivity index (χ3n) is 2.83. The van der Waals surface area contributed by atoms with Crippen LogP contribution in [0.25, 0.3) is 0 Å². The fraction of sp³-hybridized carbons (Fsp3) is 0.125. The number of nitrogens with zero attached hydrogens (tertiary/aromatic N) is 1. The average molecular weight is 300 g/mol. The van der Waals surface area contributed by atoms with Gasteiger partial charge in [-0.15, -0.1) is 0 Å². The molecule has 0 bridgehead atoms. The van der Waals surface area contributed by atoms with E-state index in [2.05, 4.69) is 10.5 Å². The number of rotatable bonds is 5. The quantitative estimate of drug-likeness (QED) is 0.656. The fourth-order valence-corrected chi connectivity index (χ4v) is 1.82. The van der Waals surface area contributed by atoms with E-state index in [4.69, 9.17) is 9.57 Å². The van der Waals surface area contributed by atoms with Crippen LogP contribution in [-0.2, 0) is 9.63 Å². The smallest absolute Gasteiger partial charge is 0.273 e. The lowest BCUT2D eigenvalue weighted by Gasteiger charge is -2.12. The molecule has 0 aliphatic heterocycles. The van der Waals surface area contributed by atoms with E-state index in [0.29, 0.717) is 17.1 Å². The predicted octanol–water partition coefficient (Wildman–Crippen LogP) is 2.28. The molecule has 0 aliphatic rings. The van der Waals surface area contributed by atoms with E-state index in [1.807, 2.05) is 0 Å². The van der Waals surface area contributed by atoms with Crippen molar-refractivity contribution in [3.05, 3.63) is 54.1 Å². The zero-order valence-corrected chi connectivity index (χ0v) is 12.2. The SMILES string of the molecule is CNC(=O)/C(=N\OC)c1ccccc1Oc1ccc(O)cc1. The Balaban J connectivity index is 2.39. The van der Waals surface area contributed by atoms with Crippen LogP contribution in [0.4, 0.5) is 0 Å². The van der Waals surface area contributed by atoms with E-state index in [-0.39, 0.29) is 17.4 Å². The topological polar surface area (TPSA) is 80.2 Å². The summed E-state index contributed by atoms with van der Waals surface area (Å²) in [4.78, 5) is 16.7. The molecule has 0 aromatic heterocycles. The highest BCUT2D eigenvalue weighted by Crippen LogP contribution is 2.27. The minimum absolute atomic E-state index is 0.111. The summed E-state index contributed by atoms with van der Waals surface area (Å²) in [5.41, 5.74) is 0.608.